The van der Waals surface area contributed by atoms with Gasteiger partial charge in [-0.05, 0) is 17.5 Å². The van der Waals surface area contributed by atoms with Gasteiger partial charge >= 0.3 is 6.03 Å². The van der Waals surface area contributed by atoms with Gasteiger partial charge in [-0.3, -0.25) is 9.69 Å². The van der Waals surface area contributed by atoms with E-state index >= 15 is 0 Å². The molecule has 5 heteroatoms. The van der Waals surface area contributed by atoms with E-state index in [2.05, 4.69) is 10.6 Å². The topological polar surface area (TPSA) is 61.4 Å². The third-order valence-electron chi connectivity index (χ3n) is 2.79. The van der Waals surface area contributed by atoms with Gasteiger partial charge in [0.25, 0.3) is 0 Å². The van der Waals surface area contributed by atoms with Crippen LogP contribution >= 0.6 is 0 Å². The van der Waals surface area contributed by atoms with Crippen molar-refractivity contribution >= 4 is 23.3 Å². The number of carbonyl (C=O) groups is 2. The zero-order valence-electron chi connectivity index (χ0n) is 11.5. The van der Waals surface area contributed by atoms with Gasteiger partial charge in [-0.25, -0.2) is 4.79 Å². The number of urea groups is 1. The van der Waals surface area contributed by atoms with E-state index in [4.69, 9.17) is 0 Å². The zero-order chi connectivity index (χ0) is 14.0. The molecule has 3 amide bonds. The molecule has 2 rings (SSSR count). The maximum absolute atomic E-state index is 12.2. The molecule has 1 aliphatic rings. The van der Waals surface area contributed by atoms with E-state index < -0.39 is 0 Å². The fourth-order valence-electron chi connectivity index (χ4n) is 1.85. The summed E-state index contributed by atoms with van der Waals surface area (Å²) in [5, 5.41) is 5.62. The van der Waals surface area contributed by atoms with Crippen molar-refractivity contribution in [3.63, 3.8) is 0 Å². The fraction of sp³-hybridized carbons (Fsp3) is 0.429. The van der Waals surface area contributed by atoms with Crippen molar-refractivity contribution < 1.29 is 9.59 Å². The van der Waals surface area contributed by atoms with Crippen LogP contribution in [0.3, 0.4) is 0 Å². The highest BCUT2D eigenvalue weighted by Crippen LogP contribution is 2.28. The lowest BCUT2D eigenvalue weighted by Crippen LogP contribution is -2.48. The van der Waals surface area contributed by atoms with Gasteiger partial charge in [-0.1, -0.05) is 32.9 Å². The van der Waals surface area contributed by atoms with Crippen LogP contribution in [0.25, 0.3) is 0 Å². The van der Waals surface area contributed by atoms with Crippen LogP contribution < -0.4 is 15.5 Å². The molecule has 2 N–H and O–H groups in total. The summed E-state index contributed by atoms with van der Waals surface area (Å²) in [6, 6.07) is 7.05. The van der Waals surface area contributed by atoms with E-state index in [1.54, 1.807) is 6.07 Å². The monoisotopic (exact) mass is 261 g/mol. The SMILES string of the molecule is CC(C)(C)CNC(=O)N1CC(=O)Nc2ccccc21. The van der Waals surface area contributed by atoms with Crippen molar-refractivity contribution in [2.75, 3.05) is 23.3 Å². The van der Waals surface area contributed by atoms with Gasteiger partial charge in [-0.15, -0.1) is 0 Å². The Morgan fingerprint density at radius 1 is 1.37 bits per heavy atom. The molecular weight excluding hydrogens is 242 g/mol. The molecule has 0 atom stereocenters. The van der Waals surface area contributed by atoms with Gasteiger partial charge in [0.2, 0.25) is 5.91 Å². The minimum absolute atomic E-state index is 0.00717. The maximum Gasteiger partial charge on any atom is 0.322 e. The molecule has 0 aliphatic carbocycles. The Hall–Kier alpha value is -2.04. The average Bonchev–Trinajstić information content (AvgIpc) is 2.34. The first-order chi connectivity index (χ1) is 8.87. The lowest BCUT2D eigenvalue weighted by atomic mass is 9.97. The number of amides is 3. The number of nitrogens with zero attached hydrogens (tertiary/aromatic N) is 1. The van der Waals surface area contributed by atoms with Crippen LogP contribution in [0.15, 0.2) is 24.3 Å². The van der Waals surface area contributed by atoms with Gasteiger partial charge in [-0.2, -0.15) is 0 Å². The predicted molar refractivity (Wildman–Crippen MR) is 75.3 cm³/mol. The number of para-hydroxylation sites is 2. The molecule has 1 heterocycles. The number of anilines is 2. The molecule has 5 nitrogen and oxygen atoms in total. The smallest absolute Gasteiger partial charge is 0.322 e. The lowest BCUT2D eigenvalue weighted by molar-refractivity contribution is -0.115. The first kappa shape index (κ1) is 13.4. The van der Waals surface area contributed by atoms with Gasteiger partial charge in [0.15, 0.2) is 0 Å². The Labute approximate surface area is 113 Å². The molecule has 0 bridgehead atoms. The number of hydrogen-bond acceptors (Lipinski definition) is 2. The van der Waals surface area contributed by atoms with Crippen molar-refractivity contribution in [1.29, 1.82) is 0 Å². The number of hydrogen-bond donors (Lipinski definition) is 2. The van der Waals surface area contributed by atoms with Crippen LogP contribution in [0, 0.1) is 5.41 Å². The molecule has 0 radical (unpaired) electrons. The lowest BCUT2D eigenvalue weighted by Gasteiger charge is -2.30. The summed E-state index contributed by atoms with van der Waals surface area (Å²) in [6.45, 7) is 6.75. The molecule has 19 heavy (non-hydrogen) atoms. The summed E-state index contributed by atoms with van der Waals surface area (Å²) in [5.74, 6) is -0.176. The number of rotatable bonds is 1. The Morgan fingerprint density at radius 2 is 2.05 bits per heavy atom. The van der Waals surface area contributed by atoms with Crippen LogP contribution in [0.1, 0.15) is 20.8 Å². The highest BCUT2D eigenvalue weighted by Gasteiger charge is 2.27. The van der Waals surface area contributed by atoms with E-state index in [-0.39, 0.29) is 23.9 Å². The Morgan fingerprint density at radius 3 is 2.74 bits per heavy atom. The number of fused-ring (bicyclic) bond motifs is 1. The van der Waals surface area contributed by atoms with Crippen LogP contribution in [0.5, 0.6) is 0 Å². The summed E-state index contributed by atoms with van der Waals surface area (Å²) in [7, 11) is 0. The number of nitrogens with one attached hydrogen (secondary N) is 2. The van der Waals surface area contributed by atoms with Crippen molar-refractivity contribution in [2.45, 2.75) is 20.8 Å². The van der Waals surface area contributed by atoms with Crippen molar-refractivity contribution in [2.24, 2.45) is 5.41 Å². The first-order valence-electron chi connectivity index (χ1n) is 6.31. The Balaban J connectivity index is 2.16. The molecule has 0 saturated heterocycles. The number of carbonyl (C=O) groups excluding carboxylic acids is 2. The minimum Gasteiger partial charge on any atom is -0.337 e. The third kappa shape index (κ3) is 3.24. The van der Waals surface area contributed by atoms with Gasteiger partial charge < -0.3 is 10.6 Å². The largest absolute Gasteiger partial charge is 0.337 e. The summed E-state index contributed by atoms with van der Waals surface area (Å²) >= 11 is 0. The molecule has 1 aliphatic heterocycles. The van der Waals surface area contributed by atoms with Gasteiger partial charge in [0.05, 0.1) is 11.4 Å². The summed E-state index contributed by atoms with van der Waals surface area (Å²) in [6.07, 6.45) is 0. The van der Waals surface area contributed by atoms with E-state index in [9.17, 15) is 9.59 Å². The summed E-state index contributed by atoms with van der Waals surface area (Å²) < 4.78 is 0. The van der Waals surface area contributed by atoms with E-state index in [1.807, 2.05) is 39.0 Å². The fourth-order valence-corrected chi connectivity index (χ4v) is 1.85. The molecule has 0 fully saturated rings. The van der Waals surface area contributed by atoms with E-state index in [0.717, 1.165) is 5.69 Å². The highest BCUT2D eigenvalue weighted by atomic mass is 16.2. The van der Waals surface area contributed by atoms with Gasteiger partial charge in [0.1, 0.15) is 6.54 Å². The zero-order valence-corrected chi connectivity index (χ0v) is 11.5. The molecule has 0 unspecified atom stereocenters. The van der Waals surface area contributed by atoms with Crippen LogP contribution in [-0.2, 0) is 4.79 Å². The minimum atomic E-state index is -0.239. The highest BCUT2D eigenvalue weighted by molar-refractivity contribution is 6.09. The first-order valence-corrected chi connectivity index (χ1v) is 6.31. The molecule has 0 aromatic heterocycles. The number of benzene rings is 1. The molecule has 1 aromatic carbocycles. The average molecular weight is 261 g/mol. The second kappa shape index (κ2) is 4.91. The summed E-state index contributed by atoms with van der Waals surface area (Å²) in [4.78, 5) is 25.3. The van der Waals surface area contributed by atoms with E-state index in [0.29, 0.717) is 12.2 Å². The Kier molecular flexibility index (Phi) is 3.46. The second-order valence-corrected chi connectivity index (χ2v) is 5.87. The standard InChI is InChI=1S/C14H19N3O2/c1-14(2,3)9-15-13(19)17-8-12(18)16-10-6-4-5-7-11(10)17/h4-7H,8-9H2,1-3H3,(H,15,19)(H,16,18). The normalized spacial score (nSPS) is 14.7. The molecule has 102 valence electrons. The Bertz CT molecular complexity index is 506. The summed E-state index contributed by atoms with van der Waals surface area (Å²) in [5.41, 5.74) is 1.41. The van der Waals surface area contributed by atoms with Crippen molar-refractivity contribution in [3.05, 3.63) is 24.3 Å². The second-order valence-electron chi connectivity index (χ2n) is 5.87. The molecule has 1 aromatic rings. The van der Waals surface area contributed by atoms with E-state index in [1.165, 1.54) is 4.90 Å². The van der Waals surface area contributed by atoms with Crippen molar-refractivity contribution in [3.8, 4) is 0 Å². The van der Waals surface area contributed by atoms with Gasteiger partial charge in [0, 0.05) is 6.54 Å². The van der Waals surface area contributed by atoms with Crippen LogP contribution in [0.4, 0.5) is 16.2 Å². The van der Waals surface area contributed by atoms with Crippen LogP contribution in [-0.4, -0.2) is 25.0 Å². The molecule has 0 spiro atoms. The third-order valence-corrected chi connectivity index (χ3v) is 2.79. The van der Waals surface area contributed by atoms with Crippen molar-refractivity contribution in [1.82, 2.24) is 5.32 Å². The predicted octanol–water partition coefficient (Wildman–Crippen LogP) is 2.20. The quantitative estimate of drug-likeness (QED) is 0.814. The molecular formula is C14H19N3O2. The molecule has 0 saturated carbocycles. The maximum atomic E-state index is 12.2. The van der Waals surface area contributed by atoms with Crippen LogP contribution in [0.2, 0.25) is 0 Å².